The molecule has 5 fully saturated rings. The summed E-state index contributed by atoms with van der Waals surface area (Å²) in [4.78, 5) is 28.5. The van der Waals surface area contributed by atoms with E-state index in [1.165, 1.54) is 19.3 Å². The van der Waals surface area contributed by atoms with Gasteiger partial charge in [-0.2, -0.15) is 0 Å². The van der Waals surface area contributed by atoms with Crippen molar-refractivity contribution in [3.05, 3.63) is 71.0 Å². The quantitative estimate of drug-likeness (QED) is 0.193. The van der Waals surface area contributed by atoms with Crippen LogP contribution in [0.15, 0.2) is 54.7 Å². The minimum Gasteiger partial charge on any atom is -0.497 e. The van der Waals surface area contributed by atoms with E-state index in [1.54, 1.807) is 22.9 Å². The molecule has 0 bridgehead atoms. The zero-order valence-corrected chi connectivity index (χ0v) is 31.9. The summed E-state index contributed by atoms with van der Waals surface area (Å²) in [6.45, 7) is 4.96. The summed E-state index contributed by atoms with van der Waals surface area (Å²) in [5, 5.41) is 34.3. The maximum atomic E-state index is 13.6. The third-order valence-corrected chi connectivity index (χ3v) is 14.8. The molecule has 8 rings (SSSR count). The lowest BCUT2D eigenvalue weighted by Crippen LogP contribution is -2.56. The Morgan fingerprint density at radius 2 is 1.77 bits per heavy atom. The zero-order chi connectivity index (χ0) is 37.0. The molecule has 12 atom stereocenters. The fourth-order valence-corrected chi connectivity index (χ4v) is 11.9. The maximum Gasteiger partial charge on any atom is 0.255 e. The molecule has 1 aromatic heterocycles. The minimum atomic E-state index is -0.592. The van der Waals surface area contributed by atoms with Crippen LogP contribution < -0.4 is 15.0 Å². The number of aliphatic hydroxyl groups excluding tert-OH is 2. The summed E-state index contributed by atoms with van der Waals surface area (Å²) in [5.41, 5.74) is 2.51. The van der Waals surface area contributed by atoms with Crippen LogP contribution in [-0.4, -0.2) is 56.3 Å². The monoisotopic (exact) mass is 743 g/mol. The smallest absolute Gasteiger partial charge is 0.255 e. The number of β-lactam (4-membered cyclic amide) rings is 1. The molecule has 4 saturated carbocycles. The number of fused-ring (bicyclic) bond motifs is 5. The number of carbonyl (C=O) groups excluding carboxylic acids is 2. The fourth-order valence-electron chi connectivity index (χ4n) is 11.7. The van der Waals surface area contributed by atoms with Gasteiger partial charge in [0.05, 0.1) is 38.1 Å². The molecule has 3 N–H and O–H groups in total. The van der Waals surface area contributed by atoms with E-state index < -0.39 is 6.04 Å². The average Bonchev–Trinajstić information content (AvgIpc) is 3.82. The molecule has 0 spiro atoms. The van der Waals surface area contributed by atoms with Crippen LogP contribution in [0.3, 0.4) is 0 Å². The number of carbonyl (C=O) groups is 2. The van der Waals surface area contributed by atoms with Crippen molar-refractivity contribution in [3.8, 4) is 5.75 Å². The topological polar surface area (TPSA) is 130 Å². The van der Waals surface area contributed by atoms with E-state index in [0.29, 0.717) is 64.3 Å². The van der Waals surface area contributed by atoms with Crippen LogP contribution in [-0.2, 0) is 16.1 Å². The number of hydrogen-bond acceptors (Lipinski definition) is 7. The van der Waals surface area contributed by atoms with Gasteiger partial charge < -0.3 is 25.2 Å². The van der Waals surface area contributed by atoms with Crippen molar-refractivity contribution in [1.29, 1.82) is 0 Å². The van der Waals surface area contributed by atoms with E-state index in [2.05, 4.69) is 29.5 Å². The Labute approximate surface area is 317 Å². The van der Waals surface area contributed by atoms with Crippen LogP contribution in [0.2, 0.25) is 5.02 Å². The number of ether oxygens (including phenoxy) is 1. The minimum absolute atomic E-state index is 0.0274. The third kappa shape index (κ3) is 6.67. The maximum absolute atomic E-state index is 13.6. The van der Waals surface area contributed by atoms with E-state index in [9.17, 15) is 19.8 Å². The van der Waals surface area contributed by atoms with Crippen molar-refractivity contribution in [2.24, 2.45) is 46.8 Å². The number of anilines is 1. The molecule has 0 unspecified atom stereocenters. The van der Waals surface area contributed by atoms with E-state index in [1.807, 2.05) is 48.5 Å². The largest absolute Gasteiger partial charge is 0.497 e. The summed E-state index contributed by atoms with van der Waals surface area (Å²) < 4.78 is 6.91. The van der Waals surface area contributed by atoms with Crippen LogP contribution in [0.25, 0.3) is 0 Å². The average molecular weight is 744 g/mol. The number of methoxy groups -OCH3 is 1. The predicted octanol–water partition coefficient (Wildman–Crippen LogP) is 6.90. The van der Waals surface area contributed by atoms with E-state index in [-0.39, 0.29) is 42.0 Å². The summed E-state index contributed by atoms with van der Waals surface area (Å²) >= 11 is 6.19. The molecule has 2 aromatic carbocycles. The number of hydrogen-bond donors (Lipinski definition) is 3. The number of benzene rings is 2. The highest BCUT2D eigenvalue weighted by Crippen LogP contribution is 2.64. The molecule has 2 amide bonds. The summed E-state index contributed by atoms with van der Waals surface area (Å²) in [6.07, 6.45) is 11.1. The molecule has 11 heteroatoms. The number of aromatic nitrogens is 3. The molecule has 284 valence electrons. The van der Waals surface area contributed by atoms with Crippen molar-refractivity contribution in [2.45, 2.75) is 109 Å². The SMILES string of the molecule is COc1ccc(N2C(=O)[C@H](n3cc(CNC(=O)CC[C@@H](C)[C@H]4CC[C@H]5[C@@H]6CC[C@@H]7C[C@H](O)CC[C@]7(C)[C@H]6C[C@H](O)[C@@H]54)nn3)[C@@H]2c2ccc(Cl)cc2)cc1. The molecular formula is C42H54ClN5O5. The standard InChI is InChI=1S/C42H54ClN5O5/c1-24(32-15-16-34-33-14-7-26-20-30(49)18-19-42(26,2)35(33)21-36(50)38(32)34)4-17-37(51)44-22-28-23-47(46-45-28)40-39(25-5-8-27(43)9-6-25)48(41(40)52)29-10-12-31(53-3)13-11-29/h5-6,8-13,23-24,26,30,32-36,38-40,49-50H,4,7,14-22H2,1-3H3,(H,44,51)/t24-,26-,30-,32-,33+,34+,35+,36+,38-,39+,40-,42+/m1/s1. The van der Waals surface area contributed by atoms with Crippen LogP contribution in [0.4, 0.5) is 5.69 Å². The molecule has 3 aromatic rings. The van der Waals surface area contributed by atoms with Crippen molar-refractivity contribution in [3.63, 3.8) is 0 Å². The van der Waals surface area contributed by atoms with Gasteiger partial charge >= 0.3 is 0 Å². The highest BCUT2D eigenvalue weighted by molar-refractivity contribution is 6.30. The Balaban J connectivity index is 0.862. The Bertz CT molecular complexity index is 1780. The van der Waals surface area contributed by atoms with E-state index in [0.717, 1.165) is 49.8 Å². The van der Waals surface area contributed by atoms with Gasteiger partial charge in [0.25, 0.3) is 5.91 Å². The van der Waals surface area contributed by atoms with E-state index in [4.69, 9.17) is 16.3 Å². The van der Waals surface area contributed by atoms with Crippen LogP contribution in [0.1, 0.15) is 101 Å². The van der Waals surface area contributed by atoms with Crippen LogP contribution in [0.5, 0.6) is 5.75 Å². The lowest BCUT2D eigenvalue weighted by Gasteiger charge is -2.59. The van der Waals surface area contributed by atoms with Crippen molar-refractivity contribution in [1.82, 2.24) is 20.3 Å². The third-order valence-electron chi connectivity index (χ3n) is 14.5. The van der Waals surface area contributed by atoms with Crippen LogP contribution >= 0.6 is 11.6 Å². The summed E-state index contributed by atoms with van der Waals surface area (Å²) in [7, 11) is 1.61. The number of amides is 2. The molecular weight excluding hydrogens is 690 g/mol. The van der Waals surface area contributed by atoms with Gasteiger partial charge in [-0.25, -0.2) is 4.68 Å². The molecule has 1 aliphatic heterocycles. The van der Waals surface area contributed by atoms with Gasteiger partial charge in [0.1, 0.15) is 11.4 Å². The Morgan fingerprint density at radius 3 is 2.53 bits per heavy atom. The lowest BCUT2D eigenvalue weighted by molar-refractivity contribution is -0.142. The highest BCUT2D eigenvalue weighted by atomic mass is 35.5. The second kappa shape index (κ2) is 14.6. The molecule has 0 radical (unpaired) electrons. The fraction of sp³-hybridized carbons (Fsp3) is 0.619. The van der Waals surface area contributed by atoms with Gasteiger partial charge in [-0.05, 0) is 147 Å². The van der Waals surface area contributed by atoms with Gasteiger partial charge in [-0.1, -0.05) is 42.8 Å². The number of aliphatic hydroxyl groups is 2. The molecule has 4 aliphatic carbocycles. The first-order valence-corrected chi connectivity index (χ1v) is 20.2. The summed E-state index contributed by atoms with van der Waals surface area (Å²) in [5.74, 6) is 4.08. The van der Waals surface area contributed by atoms with Crippen molar-refractivity contribution in [2.75, 3.05) is 12.0 Å². The molecule has 53 heavy (non-hydrogen) atoms. The Hall–Kier alpha value is -3.47. The highest BCUT2D eigenvalue weighted by Gasteiger charge is 2.59. The summed E-state index contributed by atoms with van der Waals surface area (Å²) in [6, 6.07) is 14.0. The first-order valence-electron chi connectivity index (χ1n) is 19.8. The number of halogens is 1. The number of rotatable bonds is 10. The molecule has 2 heterocycles. The van der Waals surface area contributed by atoms with E-state index >= 15 is 0 Å². The second-order valence-electron chi connectivity index (χ2n) is 17.1. The lowest BCUT2D eigenvalue weighted by atomic mass is 9.46. The normalized spacial score (nSPS) is 35.4. The van der Waals surface area contributed by atoms with Gasteiger partial charge in [-0.15, -0.1) is 5.10 Å². The second-order valence-corrected chi connectivity index (χ2v) is 17.5. The first kappa shape index (κ1) is 36.5. The first-order chi connectivity index (χ1) is 25.5. The molecule has 1 saturated heterocycles. The van der Waals surface area contributed by atoms with Crippen molar-refractivity contribution < 1.29 is 24.5 Å². The Morgan fingerprint density at radius 1 is 1.02 bits per heavy atom. The molecule has 10 nitrogen and oxygen atoms in total. The van der Waals surface area contributed by atoms with Gasteiger partial charge in [0.2, 0.25) is 5.91 Å². The number of nitrogens with zero attached hydrogens (tertiary/aromatic N) is 4. The Kier molecular flexibility index (Phi) is 10.1. The van der Waals surface area contributed by atoms with Gasteiger partial charge in [0.15, 0.2) is 6.04 Å². The predicted molar refractivity (Wildman–Crippen MR) is 202 cm³/mol. The zero-order valence-electron chi connectivity index (χ0n) is 31.1. The molecule has 5 aliphatic rings. The van der Waals surface area contributed by atoms with Crippen molar-refractivity contribution >= 4 is 29.1 Å². The number of nitrogens with one attached hydrogen (secondary N) is 1. The van der Waals surface area contributed by atoms with Gasteiger partial charge in [-0.3, -0.25) is 9.59 Å². The van der Waals surface area contributed by atoms with Crippen LogP contribution in [0, 0.1) is 46.8 Å². The van der Waals surface area contributed by atoms with Gasteiger partial charge in [0, 0.05) is 17.1 Å².